The fraction of sp³-hybridized carbons (Fsp3) is 0.214. The predicted molar refractivity (Wildman–Crippen MR) is 92.3 cm³/mol. The third kappa shape index (κ3) is 4.74. The molecule has 22 heavy (non-hydrogen) atoms. The number of benzene rings is 1. The number of thioether (sulfide) groups is 1. The topological polar surface area (TPSA) is 54.9 Å². The van der Waals surface area contributed by atoms with E-state index in [1.807, 2.05) is 19.9 Å². The van der Waals surface area contributed by atoms with E-state index < -0.39 is 0 Å². The van der Waals surface area contributed by atoms with E-state index in [4.69, 9.17) is 34.8 Å². The van der Waals surface area contributed by atoms with Gasteiger partial charge in [-0.25, -0.2) is 9.97 Å². The van der Waals surface area contributed by atoms with Crippen LogP contribution in [-0.4, -0.2) is 21.6 Å². The molecule has 8 heteroatoms. The number of hydrogen-bond donors (Lipinski definition) is 1. The highest BCUT2D eigenvalue weighted by Crippen LogP contribution is 2.32. The number of nitrogens with zero attached hydrogens (tertiary/aromatic N) is 2. The summed E-state index contributed by atoms with van der Waals surface area (Å²) in [6.45, 7) is 3.77. The van der Waals surface area contributed by atoms with E-state index in [-0.39, 0.29) is 11.7 Å². The van der Waals surface area contributed by atoms with Crippen LogP contribution in [-0.2, 0) is 4.79 Å². The summed E-state index contributed by atoms with van der Waals surface area (Å²) in [6.07, 6.45) is 0. The molecule has 0 saturated carbocycles. The maximum atomic E-state index is 12.0. The second-order valence-electron chi connectivity index (χ2n) is 4.52. The van der Waals surface area contributed by atoms with Gasteiger partial charge in [0.15, 0.2) is 5.16 Å². The molecule has 1 aromatic heterocycles. The van der Waals surface area contributed by atoms with Gasteiger partial charge in [-0.1, -0.05) is 46.6 Å². The van der Waals surface area contributed by atoms with Crippen LogP contribution in [0.1, 0.15) is 11.4 Å². The Kier molecular flexibility index (Phi) is 5.92. The van der Waals surface area contributed by atoms with Crippen LogP contribution in [0.2, 0.25) is 15.1 Å². The summed E-state index contributed by atoms with van der Waals surface area (Å²) in [5.41, 5.74) is 2.15. The molecule has 2 aromatic rings. The number of carbonyl (C=O) groups excluding carboxylic acids is 1. The first-order valence-corrected chi connectivity index (χ1v) is 8.36. The minimum absolute atomic E-state index is 0.166. The van der Waals surface area contributed by atoms with Crippen molar-refractivity contribution in [3.63, 3.8) is 0 Å². The first-order chi connectivity index (χ1) is 10.3. The minimum Gasteiger partial charge on any atom is -0.324 e. The highest BCUT2D eigenvalue weighted by Gasteiger charge is 2.11. The number of nitrogens with one attached hydrogen (secondary N) is 1. The highest BCUT2D eigenvalue weighted by molar-refractivity contribution is 7.99. The number of amides is 1. The van der Waals surface area contributed by atoms with Gasteiger partial charge < -0.3 is 5.32 Å². The zero-order chi connectivity index (χ0) is 16.3. The van der Waals surface area contributed by atoms with Crippen LogP contribution in [0.25, 0.3) is 0 Å². The number of anilines is 1. The molecule has 0 bridgehead atoms. The van der Waals surface area contributed by atoms with Crippen LogP contribution in [0.3, 0.4) is 0 Å². The van der Waals surface area contributed by atoms with E-state index in [1.165, 1.54) is 23.9 Å². The normalized spacial score (nSPS) is 10.6. The SMILES string of the molecule is Cc1cc(C)nc(SCC(=O)Nc2cc(Cl)c(Cl)cc2Cl)n1. The molecule has 2 rings (SSSR count). The third-order valence-electron chi connectivity index (χ3n) is 2.58. The molecule has 116 valence electrons. The van der Waals surface area contributed by atoms with Crippen molar-refractivity contribution in [2.24, 2.45) is 0 Å². The maximum absolute atomic E-state index is 12.0. The number of aromatic nitrogens is 2. The lowest BCUT2D eigenvalue weighted by atomic mass is 10.3. The van der Waals surface area contributed by atoms with Gasteiger partial charge in [0.25, 0.3) is 0 Å². The average Bonchev–Trinajstić information content (AvgIpc) is 2.41. The summed E-state index contributed by atoms with van der Waals surface area (Å²) >= 11 is 19.0. The third-order valence-corrected chi connectivity index (χ3v) is 4.46. The quantitative estimate of drug-likeness (QED) is 0.474. The van der Waals surface area contributed by atoms with Gasteiger partial charge >= 0.3 is 0 Å². The van der Waals surface area contributed by atoms with Crippen molar-refractivity contribution in [3.8, 4) is 0 Å². The summed E-state index contributed by atoms with van der Waals surface area (Å²) in [7, 11) is 0. The van der Waals surface area contributed by atoms with Gasteiger partial charge in [-0.15, -0.1) is 0 Å². The Morgan fingerprint density at radius 2 is 1.64 bits per heavy atom. The molecule has 1 aromatic carbocycles. The molecule has 0 unspecified atom stereocenters. The Labute approximate surface area is 147 Å². The van der Waals surface area contributed by atoms with Crippen LogP contribution in [0, 0.1) is 13.8 Å². The molecule has 0 saturated heterocycles. The Hall–Kier alpha value is -1.01. The van der Waals surface area contributed by atoms with Crippen molar-refractivity contribution in [3.05, 3.63) is 44.7 Å². The molecule has 0 spiro atoms. The molecular formula is C14H12Cl3N3OS. The van der Waals surface area contributed by atoms with E-state index in [0.29, 0.717) is 25.9 Å². The lowest BCUT2D eigenvalue weighted by Gasteiger charge is -2.08. The van der Waals surface area contributed by atoms with E-state index in [2.05, 4.69) is 15.3 Å². The summed E-state index contributed by atoms with van der Waals surface area (Å²) in [4.78, 5) is 20.5. The Bertz CT molecular complexity index is 704. The van der Waals surface area contributed by atoms with E-state index >= 15 is 0 Å². The van der Waals surface area contributed by atoms with Crippen LogP contribution in [0.5, 0.6) is 0 Å². The number of carbonyl (C=O) groups is 1. The maximum Gasteiger partial charge on any atom is 0.234 e. The minimum atomic E-state index is -0.229. The van der Waals surface area contributed by atoms with Gasteiger partial charge in [0.2, 0.25) is 5.91 Å². The fourth-order valence-corrected chi connectivity index (χ4v) is 3.04. The number of rotatable bonds is 4. The summed E-state index contributed by atoms with van der Waals surface area (Å²) in [5.74, 6) is -0.0625. The van der Waals surface area contributed by atoms with Crippen LogP contribution < -0.4 is 5.32 Å². The smallest absolute Gasteiger partial charge is 0.234 e. The Morgan fingerprint density at radius 3 is 2.27 bits per heavy atom. The average molecular weight is 377 g/mol. The largest absolute Gasteiger partial charge is 0.324 e. The lowest BCUT2D eigenvalue weighted by molar-refractivity contribution is -0.113. The molecule has 0 fully saturated rings. The van der Waals surface area contributed by atoms with Crippen LogP contribution in [0.15, 0.2) is 23.4 Å². The van der Waals surface area contributed by atoms with Crippen molar-refractivity contribution in [1.29, 1.82) is 0 Å². The fourth-order valence-electron chi connectivity index (χ4n) is 1.69. The van der Waals surface area contributed by atoms with Gasteiger partial charge in [-0.2, -0.15) is 0 Å². The standard InChI is InChI=1S/C14H12Cl3N3OS/c1-7-3-8(2)19-14(18-7)22-6-13(21)20-12-5-10(16)9(15)4-11(12)17/h3-5H,6H2,1-2H3,(H,20,21). The lowest BCUT2D eigenvalue weighted by Crippen LogP contribution is -2.14. The number of hydrogen-bond acceptors (Lipinski definition) is 4. The van der Waals surface area contributed by atoms with Crippen LogP contribution >= 0.6 is 46.6 Å². The first-order valence-electron chi connectivity index (χ1n) is 6.24. The van der Waals surface area contributed by atoms with E-state index in [0.717, 1.165) is 11.4 Å². The molecule has 4 nitrogen and oxygen atoms in total. The molecular weight excluding hydrogens is 365 g/mol. The Morgan fingerprint density at radius 1 is 1.05 bits per heavy atom. The van der Waals surface area contributed by atoms with E-state index in [9.17, 15) is 4.79 Å². The summed E-state index contributed by atoms with van der Waals surface area (Å²) in [6, 6.07) is 4.88. The van der Waals surface area contributed by atoms with Crippen molar-refractivity contribution < 1.29 is 4.79 Å². The number of aryl methyl sites for hydroxylation is 2. The molecule has 0 radical (unpaired) electrons. The molecule has 0 atom stereocenters. The van der Waals surface area contributed by atoms with Crippen molar-refractivity contribution in [2.75, 3.05) is 11.1 Å². The zero-order valence-electron chi connectivity index (χ0n) is 11.8. The van der Waals surface area contributed by atoms with Crippen molar-refractivity contribution in [1.82, 2.24) is 9.97 Å². The molecule has 0 aliphatic carbocycles. The molecule has 1 N–H and O–H groups in total. The van der Waals surface area contributed by atoms with Gasteiger partial charge in [-0.3, -0.25) is 4.79 Å². The van der Waals surface area contributed by atoms with Gasteiger partial charge in [0.05, 0.1) is 26.5 Å². The van der Waals surface area contributed by atoms with Crippen molar-refractivity contribution >= 4 is 58.2 Å². The first kappa shape index (κ1) is 17.3. The van der Waals surface area contributed by atoms with E-state index in [1.54, 1.807) is 0 Å². The molecule has 0 aliphatic heterocycles. The van der Waals surface area contributed by atoms with Crippen LogP contribution in [0.4, 0.5) is 5.69 Å². The second kappa shape index (κ2) is 7.51. The van der Waals surface area contributed by atoms with Gasteiger partial charge in [0.1, 0.15) is 0 Å². The molecule has 0 aliphatic rings. The Balaban J connectivity index is 2.00. The molecule has 1 heterocycles. The predicted octanol–water partition coefficient (Wildman–Crippen LogP) is 4.78. The second-order valence-corrected chi connectivity index (χ2v) is 6.68. The van der Waals surface area contributed by atoms with Crippen molar-refractivity contribution in [2.45, 2.75) is 19.0 Å². The summed E-state index contributed by atoms with van der Waals surface area (Å²) < 4.78 is 0. The monoisotopic (exact) mass is 375 g/mol. The van der Waals surface area contributed by atoms with Gasteiger partial charge in [-0.05, 0) is 32.0 Å². The number of halogens is 3. The highest BCUT2D eigenvalue weighted by atomic mass is 35.5. The van der Waals surface area contributed by atoms with Gasteiger partial charge in [0, 0.05) is 11.4 Å². The zero-order valence-corrected chi connectivity index (χ0v) is 14.9. The molecule has 1 amide bonds. The summed E-state index contributed by atoms with van der Waals surface area (Å²) in [5, 5.41) is 4.24.